The van der Waals surface area contributed by atoms with Crippen molar-refractivity contribution in [1.29, 1.82) is 0 Å². The Kier molecular flexibility index (Phi) is 4.49. The minimum Gasteiger partial charge on any atom is -0.456 e. The van der Waals surface area contributed by atoms with E-state index in [2.05, 4.69) is 54.6 Å². The summed E-state index contributed by atoms with van der Waals surface area (Å²) in [6.45, 7) is 0. The van der Waals surface area contributed by atoms with E-state index in [0.29, 0.717) is 22.3 Å². The van der Waals surface area contributed by atoms with Gasteiger partial charge in [0.05, 0.1) is 8.22 Å². The van der Waals surface area contributed by atoms with E-state index in [0.717, 1.165) is 65.4 Å². The van der Waals surface area contributed by atoms with Crippen molar-refractivity contribution >= 4 is 65.0 Å². The lowest BCUT2D eigenvalue weighted by Gasteiger charge is -2.19. The zero-order valence-corrected chi connectivity index (χ0v) is 25.1. The molecule has 10 rings (SSSR count). The molecular formula is C46H28O. The summed E-state index contributed by atoms with van der Waals surface area (Å²) in [6.07, 6.45) is 0. The van der Waals surface area contributed by atoms with Crippen molar-refractivity contribution in [2.45, 2.75) is 0 Å². The fourth-order valence-electron chi connectivity index (χ4n) is 7.20. The predicted octanol–water partition coefficient (Wildman–Crippen LogP) is 13.2. The van der Waals surface area contributed by atoms with Crippen LogP contribution in [0.15, 0.2) is 174 Å². The Balaban J connectivity index is 1.34. The van der Waals surface area contributed by atoms with Gasteiger partial charge in [-0.15, -0.1) is 0 Å². The van der Waals surface area contributed by atoms with Gasteiger partial charge in [0, 0.05) is 10.8 Å². The Morgan fingerprint density at radius 2 is 1.00 bits per heavy atom. The molecule has 9 aromatic carbocycles. The maximum atomic E-state index is 9.82. The van der Waals surface area contributed by atoms with Crippen molar-refractivity contribution in [2.75, 3.05) is 0 Å². The molecule has 0 atom stereocenters. The molecule has 0 aliphatic carbocycles. The molecule has 0 saturated heterocycles. The van der Waals surface area contributed by atoms with E-state index in [-0.39, 0.29) is 34.9 Å². The summed E-state index contributed by atoms with van der Waals surface area (Å²) in [4.78, 5) is 0. The number of furan rings is 1. The standard InChI is InChI=1S/C46H28O/c1-2-12-29(13-3-1)34-24-32-16-6-7-17-35(32)42(26-34)46-39-20-10-8-18-37(39)45(38-19-9-11-21-40(38)46)33-22-23-36-41-25-30-14-4-5-15-31(30)27-44(41)47-43(36)28-33/h1-28H/i6D,7D,16D,17D,24D,26D. The monoisotopic (exact) mass is 602 g/mol. The van der Waals surface area contributed by atoms with Gasteiger partial charge in [0.25, 0.3) is 0 Å². The lowest BCUT2D eigenvalue weighted by molar-refractivity contribution is 0.669. The van der Waals surface area contributed by atoms with Crippen LogP contribution in [-0.4, -0.2) is 0 Å². The molecule has 47 heavy (non-hydrogen) atoms. The molecule has 1 aromatic heterocycles. The van der Waals surface area contributed by atoms with Crippen LogP contribution in [0.4, 0.5) is 0 Å². The largest absolute Gasteiger partial charge is 0.456 e. The summed E-state index contributed by atoms with van der Waals surface area (Å²) >= 11 is 0. The lowest BCUT2D eigenvalue weighted by atomic mass is 9.83. The molecule has 0 radical (unpaired) electrons. The second-order valence-corrected chi connectivity index (χ2v) is 12.0. The van der Waals surface area contributed by atoms with Crippen molar-refractivity contribution in [3.8, 4) is 33.4 Å². The minimum absolute atomic E-state index is 0.0397. The van der Waals surface area contributed by atoms with Crippen LogP contribution in [0.2, 0.25) is 0 Å². The Morgan fingerprint density at radius 3 is 1.74 bits per heavy atom. The summed E-state index contributed by atoms with van der Waals surface area (Å²) in [7, 11) is 0. The van der Waals surface area contributed by atoms with E-state index in [4.69, 9.17) is 8.53 Å². The molecular weight excluding hydrogens is 569 g/mol. The van der Waals surface area contributed by atoms with Crippen LogP contribution < -0.4 is 0 Å². The molecule has 0 bridgehead atoms. The van der Waals surface area contributed by atoms with Crippen LogP contribution in [0.3, 0.4) is 0 Å². The Labute approximate surface area is 280 Å². The Morgan fingerprint density at radius 1 is 0.383 bits per heavy atom. The third kappa shape index (κ3) is 4.03. The van der Waals surface area contributed by atoms with Crippen molar-refractivity contribution < 1.29 is 12.6 Å². The maximum Gasteiger partial charge on any atom is 0.136 e. The zero-order chi connectivity index (χ0) is 36.1. The molecule has 0 amide bonds. The highest BCUT2D eigenvalue weighted by Crippen LogP contribution is 2.47. The topological polar surface area (TPSA) is 13.1 Å². The SMILES string of the molecule is [2H]c1c([2H])c([2H])c2c(-c3c4ccccc4c(-c4ccc5c(c4)oc4cc6ccccc6cc45)c4ccccc34)c([2H])c(-c3ccccc3)c([2H])c2c1[2H]. The molecule has 0 spiro atoms. The average Bonchev–Trinajstić information content (AvgIpc) is 3.54. The number of hydrogen-bond donors (Lipinski definition) is 0. The molecule has 0 saturated carbocycles. The van der Waals surface area contributed by atoms with Crippen LogP contribution in [0.25, 0.3) is 98.4 Å². The fourth-order valence-corrected chi connectivity index (χ4v) is 7.20. The van der Waals surface area contributed by atoms with Crippen molar-refractivity contribution in [3.63, 3.8) is 0 Å². The van der Waals surface area contributed by atoms with Gasteiger partial charge >= 0.3 is 0 Å². The van der Waals surface area contributed by atoms with Crippen molar-refractivity contribution in [2.24, 2.45) is 0 Å². The molecule has 1 heterocycles. The first-order valence-corrected chi connectivity index (χ1v) is 15.7. The summed E-state index contributed by atoms with van der Waals surface area (Å²) < 4.78 is 61.0. The predicted molar refractivity (Wildman–Crippen MR) is 200 cm³/mol. The number of fused-ring (bicyclic) bond motifs is 7. The van der Waals surface area contributed by atoms with Gasteiger partial charge in [-0.25, -0.2) is 0 Å². The van der Waals surface area contributed by atoms with Gasteiger partial charge in [-0.05, 0) is 113 Å². The molecule has 0 aliphatic heterocycles. The second-order valence-electron chi connectivity index (χ2n) is 12.0. The Hall–Kier alpha value is -6.18. The summed E-state index contributed by atoms with van der Waals surface area (Å²) in [5.41, 5.74) is 5.57. The number of hydrogen-bond acceptors (Lipinski definition) is 1. The summed E-state index contributed by atoms with van der Waals surface area (Å²) in [5, 5.41) is 8.13. The van der Waals surface area contributed by atoms with Crippen LogP contribution in [0, 0.1) is 0 Å². The quantitative estimate of drug-likeness (QED) is 0.183. The number of rotatable bonds is 3. The first kappa shape index (κ1) is 20.8. The van der Waals surface area contributed by atoms with Gasteiger partial charge in [0.2, 0.25) is 0 Å². The van der Waals surface area contributed by atoms with Crippen molar-refractivity contribution in [3.05, 3.63) is 170 Å². The van der Waals surface area contributed by atoms with E-state index >= 15 is 0 Å². The summed E-state index contributed by atoms with van der Waals surface area (Å²) in [5.74, 6) is 0. The molecule has 1 nitrogen and oxygen atoms in total. The molecule has 0 fully saturated rings. The highest BCUT2D eigenvalue weighted by Gasteiger charge is 2.20. The number of benzene rings is 9. The van der Waals surface area contributed by atoms with E-state index in [9.17, 15) is 4.11 Å². The van der Waals surface area contributed by atoms with E-state index in [1.54, 1.807) is 0 Å². The van der Waals surface area contributed by atoms with Gasteiger partial charge in [0.1, 0.15) is 11.2 Å². The molecule has 1 heteroatoms. The minimum atomic E-state index is -0.405. The van der Waals surface area contributed by atoms with Crippen molar-refractivity contribution in [1.82, 2.24) is 0 Å². The van der Waals surface area contributed by atoms with Crippen LogP contribution in [-0.2, 0) is 0 Å². The molecule has 0 aliphatic rings. The molecule has 0 unspecified atom stereocenters. The third-order valence-corrected chi connectivity index (χ3v) is 9.31. The first-order chi connectivity index (χ1) is 25.8. The molecule has 0 N–H and O–H groups in total. The average molecular weight is 603 g/mol. The Bertz CT molecular complexity index is 3130. The summed E-state index contributed by atoms with van der Waals surface area (Å²) in [6, 6.07) is 42.7. The normalized spacial score (nSPS) is 13.6. The fraction of sp³-hybridized carbons (Fsp3) is 0. The highest BCUT2D eigenvalue weighted by molar-refractivity contribution is 6.24. The zero-order valence-electron chi connectivity index (χ0n) is 31.1. The van der Waals surface area contributed by atoms with Crippen LogP contribution in [0.1, 0.15) is 8.22 Å². The smallest absolute Gasteiger partial charge is 0.136 e. The van der Waals surface area contributed by atoms with Crippen LogP contribution in [0.5, 0.6) is 0 Å². The van der Waals surface area contributed by atoms with Gasteiger partial charge in [-0.3, -0.25) is 0 Å². The van der Waals surface area contributed by atoms with Gasteiger partial charge in [-0.2, -0.15) is 0 Å². The second kappa shape index (κ2) is 10.2. The van der Waals surface area contributed by atoms with Crippen LogP contribution >= 0.6 is 0 Å². The first-order valence-electron chi connectivity index (χ1n) is 18.7. The highest BCUT2D eigenvalue weighted by atomic mass is 16.3. The lowest BCUT2D eigenvalue weighted by Crippen LogP contribution is -1.92. The van der Waals surface area contributed by atoms with Gasteiger partial charge in [0.15, 0.2) is 0 Å². The molecule has 10 aromatic rings. The van der Waals surface area contributed by atoms with E-state index in [1.807, 2.05) is 78.9 Å². The van der Waals surface area contributed by atoms with E-state index < -0.39 is 12.1 Å². The maximum absolute atomic E-state index is 9.82. The molecule has 218 valence electrons. The van der Waals surface area contributed by atoms with E-state index in [1.165, 1.54) is 0 Å². The third-order valence-electron chi connectivity index (χ3n) is 9.31. The van der Waals surface area contributed by atoms with Gasteiger partial charge in [-0.1, -0.05) is 133 Å². The van der Waals surface area contributed by atoms with Gasteiger partial charge < -0.3 is 4.42 Å².